The second-order valence-electron chi connectivity index (χ2n) is 4.11. The first kappa shape index (κ1) is 15.4. The number of rotatable bonds is 4. The number of hydrogen-bond donors (Lipinski definition) is 0. The second kappa shape index (κ2) is 5.76. The third kappa shape index (κ3) is 2.87. The van der Waals surface area contributed by atoms with Crippen molar-refractivity contribution in [1.82, 2.24) is 9.78 Å². The van der Waals surface area contributed by atoms with Gasteiger partial charge in [-0.1, -0.05) is 15.9 Å². The lowest BCUT2D eigenvalue weighted by molar-refractivity contribution is -0.386. The van der Waals surface area contributed by atoms with Crippen molar-refractivity contribution in [1.29, 1.82) is 0 Å². The second-order valence-corrected chi connectivity index (χ2v) is 5.03. The highest BCUT2D eigenvalue weighted by molar-refractivity contribution is 9.10. The minimum absolute atomic E-state index is 0.132. The average Bonchev–Trinajstić information content (AvgIpc) is 2.71. The molecule has 1 heterocycles. The van der Waals surface area contributed by atoms with E-state index in [1.54, 1.807) is 6.92 Å². The topological polar surface area (TPSA) is 70.2 Å². The van der Waals surface area contributed by atoms with E-state index in [0.29, 0.717) is 0 Å². The first-order valence-electron chi connectivity index (χ1n) is 5.89. The van der Waals surface area contributed by atoms with Crippen molar-refractivity contribution in [3.05, 3.63) is 44.0 Å². The van der Waals surface area contributed by atoms with E-state index < -0.39 is 22.3 Å². The van der Waals surface area contributed by atoms with Crippen molar-refractivity contribution < 1.29 is 18.4 Å². The zero-order valence-electron chi connectivity index (χ0n) is 11.1. The quantitative estimate of drug-likeness (QED) is 0.469. The molecule has 6 nitrogen and oxygen atoms in total. The highest BCUT2D eigenvalue weighted by Gasteiger charge is 2.28. The number of aromatic nitrogens is 2. The summed E-state index contributed by atoms with van der Waals surface area (Å²) < 4.78 is 33.8. The maximum atomic E-state index is 13.7. The third-order valence-corrected chi connectivity index (χ3v) is 3.16. The third-order valence-electron chi connectivity index (χ3n) is 2.70. The predicted molar refractivity (Wildman–Crippen MR) is 73.4 cm³/mol. The number of halogens is 3. The van der Waals surface area contributed by atoms with Crippen LogP contribution in [0, 0.1) is 28.7 Å². The fourth-order valence-corrected chi connectivity index (χ4v) is 2.20. The Morgan fingerprint density at radius 2 is 2.14 bits per heavy atom. The summed E-state index contributed by atoms with van der Waals surface area (Å²) in [6, 6.07) is 2.11. The molecule has 0 saturated heterocycles. The van der Waals surface area contributed by atoms with Crippen molar-refractivity contribution in [2.24, 2.45) is 0 Å². The first-order valence-corrected chi connectivity index (χ1v) is 6.68. The van der Waals surface area contributed by atoms with Crippen LogP contribution in [0.1, 0.15) is 12.6 Å². The van der Waals surface area contributed by atoms with Crippen molar-refractivity contribution >= 4 is 21.6 Å². The lowest BCUT2D eigenvalue weighted by Gasteiger charge is -2.08. The molecule has 0 saturated carbocycles. The number of benzene rings is 1. The molecule has 0 aliphatic heterocycles. The van der Waals surface area contributed by atoms with Crippen LogP contribution in [0.3, 0.4) is 0 Å². The molecule has 0 atom stereocenters. The van der Waals surface area contributed by atoms with Crippen LogP contribution in [0.2, 0.25) is 0 Å². The van der Waals surface area contributed by atoms with E-state index in [4.69, 9.17) is 4.74 Å². The highest BCUT2D eigenvalue weighted by Crippen LogP contribution is 2.36. The van der Waals surface area contributed by atoms with E-state index in [9.17, 15) is 18.9 Å². The zero-order chi connectivity index (χ0) is 15.7. The standard InChI is InChI=1S/C12H10BrF2N3O3/c1-3-17-12(11(18(19)20)6(2)16-17)21-9-5-7(13)4-8(14)10(9)15/h4-5H,3H2,1-2H3. The average molecular weight is 362 g/mol. The van der Waals surface area contributed by atoms with Gasteiger partial charge in [-0.2, -0.15) is 9.49 Å². The first-order chi connectivity index (χ1) is 9.85. The van der Waals surface area contributed by atoms with Crippen LogP contribution in [-0.4, -0.2) is 14.7 Å². The summed E-state index contributed by atoms with van der Waals surface area (Å²) >= 11 is 3.01. The largest absolute Gasteiger partial charge is 0.431 e. The van der Waals surface area contributed by atoms with Gasteiger partial charge in [0, 0.05) is 11.0 Å². The Morgan fingerprint density at radius 3 is 2.71 bits per heavy atom. The van der Waals surface area contributed by atoms with E-state index in [-0.39, 0.29) is 28.3 Å². The van der Waals surface area contributed by atoms with Crippen LogP contribution >= 0.6 is 15.9 Å². The molecule has 2 rings (SSSR count). The Balaban J connectivity index is 2.56. The Morgan fingerprint density at radius 1 is 1.48 bits per heavy atom. The summed E-state index contributed by atoms with van der Waals surface area (Å²) in [5.74, 6) is -3.05. The fraction of sp³-hybridized carbons (Fsp3) is 0.250. The van der Waals surface area contributed by atoms with Gasteiger partial charge in [-0.05, 0) is 26.0 Å². The molecular weight excluding hydrogens is 352 g/mol. The molecule has 1 aromatic carbocycles. The molecule has 9 heteroatoms. The summed E-state index contributed by atoms with van der Waals surface area (Å²) in [6.45, 7) is 3.41. The van der Waals surface area contributed by atoms with Crippen molar-refractivity contribution in [3.8, 4) is 11.6 Å². The fourth-order valence-electron chi connectivity index (χ4n) is 1.79. The van der Waals surface area contributed by atoms with Gasteiger partial charge in [0.15, 0.2) is 11.6 Å². The van der Waals surface area contributed by atoms with E-state index in [2.05, 4.69) is 21.0 Å². The maximum absolute atomic E-state index is 13.7. The van der Waals surface area contributed by atoms with Gasteiger partial charge in [0.1, 0.15) is 5.69 Å². The molecule has 0 N–H and O–H groups in total. The summed E-state index contributed by atoms with van der Waals surface area (Å²) in [5, 5.41) is 15.0. The van der Waals surface area contributed by atoms with E-state index in [1.165, 1.54) is 17.7 Å². The van der Waals surface area contributed by atoms with Crippen LogP contribution in [0.25, 0.3) is 0 Å². The van der Waals surface area contributed by atoms with Crippen molar-refractivity contribution in [3.63, 3.8) is 0 Å². The van der Waals surface area contributed by atoms with Crippen LogP contribution < -0.4 is 4.74 Å². The molecule has 1 aromatic heterocycles. The number of nitro groups is 1. The van der Waals surface area contributed by atoms with E-state index >= 15 is 0 Å². The molecule has 0 fully saturated rings. The van der Waals surface area contributed by atoms with E-state index in [1.807, 2.05) is 0 Å². The Hall–Kier alpha value is -2.03. The highest BCUT2D eigenvalue weighted by atomic mass is 79.9. The molecule has 21 heavy (non-hydrogen) atoms. The Kier molecular flexibility index (Phi) is 4.21. The van der Waals surface area contributed by atoms with Crippen molar-refractivity contribution in [2.75, 3.05) is 0 Å². The van der Waals surface area contributed by atoms with Crippen molar-refractivity contribution in [2.45, 2.75) is 20.4 Å². The van der Waals surface area contributed by atoms with Crippen LogP contribution in [-0.2, 0) is 6.54 Å². The van der Waals surface area contributed by atoms with Gasteiger partial charge in [-0.25, -0.2) is 9.07 Å². The lowest BCUT2D eigenvalue weighted by Crippen LogP contribution is -2.02. The summed E-state index contributed by atoms with van der Waals surface area (Å²) in [7, 11) is 0. The molecular formula is C12H10BrF2N3O3. The molecule has 0 aliphatic rings. The predicted octanol–water partition coefficient (Wildman–Crippen LogP) is 3.95. The molecule has 112 valence electrons. The summed E-state index contributed by atoms with van der Waals surface area (Å²) in [5.41, 5.74) is -0.246. The molecule has 0 aliphatic carbocycles. The number of ether oxygens (including phenoxy) is 1. The summed E-state index contributed by atoms with van der Waals surface area (Å²) in [6.07, 6.45) is 0. The van der Waals surface area contributed by atoms with Gasteiger partial charge in [0.25, 0.3) is 5.88 Å². The number of aryl methyl sites for hydroxylation is 2. The molecule has 0 bridgehead atoms. The molecule has 0 spiro atoms. The Bertz CT molecular complexity index is 718. The van der Waals surface area contributed by atoms with Crippen LogP contribution in [0.5, 0.6) is 11.6 Å². The monoisotopic (exact) mass is 361 g/mol. The Labute approximate surface area is 126 Å². The molecule has 0 amide bonds. The van der Waals surface area contributed by atoms with Gasteiger partial charge < -0.3 is 4.74 Å². The van der Waals surface area contributed by atoms with Crippen LogP contribution in [0.15, 0.2) is 16.6 Å². The van der Waals surface area contributed by atoms with Gasteiger partial charge in [0.05, 0.1) is 4.92 Å². The molecule has 0 radical (unpaired) electrons. The maximum Gasteiger partial charge on any atom is 0.353 e. The van der Waals surface area contributed by atoms with E-state index in [0.717, 1.165) is 6.07 Å². The zero-order valence-corrected chi connectivity index (χ0v) is 12.6. The van der Waals surface area contributed by atoms with Gasteiger partial charge in [-0.3, -0.25) is 10.1 Å². The number of hydrogen-bond acceptors (Lipinski definition) is 4. The minimum Gasteiger partial charge on any atom is -0.431 e. The minimum atomic E-state index is -1.23. The smallest absolute Gasteiger partial charge is 0.353 e. The molecule has 0 unspecified atom stereocenters. The number of nitrogens with zero attached hydrogens (tertiary/aromatic N) is 3. The normalized spacial score (nSPS) is 10.7. The summed E-state index contributed by atoms with van der Waals surface area (Å²) in [4.78, 5) is 10.4. The lowest BCUT2D eigenvalue weighted by atomic mass is 10.3. The van der Waals surface area contributed by atoms with Gasteiger partial charge in [0.2, 0.25) is 5.82 Å². The SMILES string of the molecule is CCn1nc(C)c([N+](=O)[O-])c1Oc1cc(Br)cc(F)c1F. The molecule has 2 aromatic rings. The van der Waals surface area contributed by atoms with Gasteiger partial charge in [-0.15, -0.1) is 0 Å². The van der Waals surface area contributed by atoms with Gasteiger partial charge >= 0.3 is 5.69 Å². The van der Waals surface area contributed by atoms with Crippen LogP contribution in [0.4, 0.5) is 14.5 Å².